The average molecular weight is 517 g/mol. The van der Waals surface area contributed by atoms with E-state index in [-0.39, 0.29) is 13.1 Å². The lowest BCUT2D eigenvalue weighted by Gasteiger charge is -2.29. The van der Waals surface area contributed by atoms with E-state index in [0.29, 0.717) is 5.56 Å². The summed E-state index contributed by atoms with van der Waals surface area (Å²) in [6.45, 7) is 0.292. The van der Waals surface area contributed by atoms with Gasteiger partial charge in [-0.15, -0.1) is 11.3 Å². The molecule has 4 aromatic rings. The fourth-order valence-corrected chi connectivity index (χ4v) is 5.33. The van der Waals surface area contributed by atoms with E-state index in [0.717, 1.165) is 27.1 Å². The lowest BCUT2D eigenvalue weighted by Crippen LogP contribution is -2.50. The van der Waals surface area contributed by atoms with Crippen LogP contribution in [0, 0.1) is 5.82 Å². The summed E-state index contributed by atoms with van der Waals surface area (Å²) in [6, 6.07) is 24.2. The lowest BCUT2D eigenvalue weighted by molar-refractivity contribution is -0.154. The van der Waals surface area contributed by atoms with E-state index in [1.807, 2.05) is 66.0 Å². The Balaban J connectivity index is 1.26. The second kappa shape index (κ2) is 10.6. The minimum Gasteiger partial charge on any atom is -0.380 e. The number of amides is 2. The molecule has 0 saturated heterocycles. The predicted octanol–water partition coefficient (Wildman–Crippen LogP) is 4.02. The van der Waals surface area contributed by atoms with Crippen molar-refractivity contribution in [2.75, 3.05) is 0 Å². The number of thiophene rings is 1. The van der Waals surface area contributed by atoms with Gasteiger partial charge in [-0.05, 0) is 51.4 Å². The van der Waals surface area contributed by atoms with E-state index in [2.05, 4.69) is 5.32 Å². The molecular formula is C29H25FN2O4S. The van der Waals surface area contributed by atoms with Gasteiger partial charge in [-0.2, -0.15) is 0 Å². The second-order valence-electron chi connectivity index (χ2n) is 8.90. The molecule has 6 nitrogen and oxygen atoms in total. The Kier molecular flexibility index (Phi) is 7.14. The Morgan fingerprint density at radius 1 is 0.973 bits per heavy atom. The molecule has 3 atom stereocenters. The second-order valence-corrected chi connectivity index (χ2v) is 9.85. The molecule has 37 heavy (non-hydrogen) atoms. The first-order chi connectivity index (χ1) is 17.9. The van der Waals surface area contributed by atoms with Crippen LogP contribution in [0.15, 0.2) is 90.3 Å². The summed E-state index contributed by atoms with van der Waals surface area (Å²) >= 11 is 1.63. The summed E-state index contributed by atoms with van der Waals surface area (Å²) in [5, 5.41) is 25.8. The highest BCUT2D eigenvalue weighted by Gasteiger charge is 2.40. The van der Waals surface area contributed by atoms with Crippen LogP contribution in [0.4, 0.5) is 4.39 Å². The zero-order valence-electron chi connectivity index (χ0n) is 19.8. The molecule has 1 aliphatic rings. The van der Waals surface area contributed by atoms with E-state index >= 15 is 0 Å². The molecule has 0 aliphatic carbocycles. The van der Waals surface area contributed by atoms with E-state index in [1.54, 1.807) is 23.5 Å². The van der Waals surface area contributed by atoms with Crippen LogP contribution in [0.25, 0.3) is 10.4 Å². The van der Waals surface area contributed by atoms with Gasteiger partial charge in [0.05, 0.1) is 6.04 Å². The van der Waals surface area contributed by atoms with Crippen LogP contribution in [0.2, 0.25) is 0 Å². The van der Waals surface area contributed by atoms with Crippen LogP contribution in [0.3, 0.4) is 0 Å². The maximum atomic E-state index is 14.0. The molecule has 8 heteroatoms. The minimum absolute atomic E-state index is 0.128. The van der Waals surface area contributed by atoms with Crippen molar-refractivity contribution in [2.24, 2.45) is 0 Å². The van der Waals surface area contributed by atoms with Crippen LogP contribution in [0.5, 0.6) is 0 Å². The number of benzene rings is 3. The Labute approximate surface area is 217 Å². The highest BCUT2D eigenvalue weighted by molar-refractivity contribution is 7.13. The van der Waals surface area contributed by atoms with Gasteiger partial charge in [0, 0.05) is 18.0 Å². The first-order valence-electron chi connectivity index (χ1n) is 11.8. The number of carbonyl (C=O) groups is 2. The maximum Gasteiger partial charge on any atom is 0.255 e. The molecule has 5 rings (SSSR count). The van der Waals surface area contributed by atoms with Crippen LogP contribution in [-0.2, 0) is 22.7 Å². The normalized spacial score (nSPS) is 16.2. The van der Waals surface area contributed by atoms with Crippen molar-refractivity contribution >= 4 is 23.2 Å². The summed E-state index contributed by atoms with van der Waals surface area (Å²) in [4.78, 5) is 28.4. The van der Waals surface area contributed by atoms with Gasteiger partial charge >= 0.3 is 0 Å². The van der Waals surface area contributed by atoms with Crippen molar-refractivity contribution in [2.45, 2.75) is 31.3 Å². The monoisotopic (exact) mass is 516 g/mol. The van der Waals surface area contributed by atoms with Gasteiger partial charge in [-0.1, -0.05) is 66.7 Å². The van der Waals surface area contributed by atoms with Gasteiger partial charge in [0.2, 0.25) is 0 Å². The molecular weight excluding hydrogens is 491 g/mol. The number of aliphatic hydroxyl groups excluding tert-OH is 2. The molecule has 1 unspecified atom stereocenters. The molecule has 2 amide bonds. The van der Waals surface area contributed by atoms with Crippen molar-refractivity contribution in [3.05, 3.63) is 118 Å². The number of rotatable bonds is 7. The van der Waals surface area contributed by atoms with E-state index in [1.165, 1.54) is 17.0 Å². The number of carbonyl (C=O) groups excluding carboxylic acids is 2. The van der Waals surface area contributed by atoms with Gasteiger partial charge in [-0.25, -0.2) is 4.39 Å². The van der Waals surface area contributed by atoms with Gasteiger partial charge in [0.25, 0.3) is 11.8 Å². The molecule has 188 valence electrons. The van der Waals surface area contributed by atoms with E-state index in [9.17, 15) is 24.2 Å². The number of nitrogens with one attached hydrogen (secondary N) is 1. The maximum absolute atomic E-state index is 14.0. The predicted molar refractivity (Wildman–Crippen MR) is 139 cm³/mol. The molecule has 0 radical (unpaired) electrons. The number of hydrogen-bond acceptors (Lipinski definition) is 5. The SMILES string of the molecule is O=C(NCc1ccc(-c2cccs2)cc1)[C@H](O)[C@@H](O)C(=O)N1Cc2ccccc2C1c1cccc(F)c1. The third-order valence-corrected chi connectivity index (χ3v) is 7.42. The number of aliphatic hydroxyl groups is 2. The fourth-order valence-electron chi connectivity index (χ4n) is 4.60. The van der Waals surface area contributed by atoms with Crippen molar-refractivity contribution in [3.63, 3.8) is 0 Å². The topological polar surface area (TPSA) is 89.9 Å². The summed E-state index contributed by atoms with van der Waals surface area (Å²) in [5.74, 6) is -2.12. The summed E-state index contributed by atoms with van der Waals surface area (Å²) in [6.07, 6.45) is -3.94. The zero-order chi connectivity index (χ0) is 25.9. The van der Waals surface area contributed by atoms with E-state index < -0.39 is 35.9 Å². The first-order valence-corrected chi connectivity index (χ1v) is 12.7. The Morgan fingerprint density at radius 2 is 1.76 bits per heavy atom. The highest BCUT2D eigenvalue weighted by Crippen LogP contribution is 2.39. The van der Waals surface area contributed by atoms with Crippen LogP contribution in [0.1, 0.15) is 28.3 Å². The Morgan fingerprint density at radius 3 is 2.49 bits per heavy atom. The molecule has 1 aromatic heterocycles. The third-order valence-electron chi connectivity index (χ3n) is 6.50. The van der Waals surface area contributed by atoms with Crippen molar-refractivity contribution in [3.8, 4) is 10.4 Å². The van der Waals surface area contributed by atoms with Crippen LogP contribution in [-0.4, -0.2) is 39.1 Å². The van der Waals surface area contributed by atoms with Gasteiger partial charge in [0.1, 0.15) is 5.82 Å². The summed E-state index contributed by atoms with van der Waals surface area (Å²) < 4.78 is 14.0. The van der Waals surface area contributed by atoms with Crippen molar-refractivity contribution in [1.82, 2.24) is 10.2 Å². The van der Waals surface area contributed by atoms with Gasteiger partial charge < -0.3 is 20.4 Å². The highest BCUT2D eigenvalue weighted by atomic mass is 32.1. The quantitative estimate of drug-likeness (QED) is 0.346. The Hall–Kier alpha value is -3.85. The van der Waals surface area contributed by atoms with Crippen LogP contribution < -0.4 is 5.32 Å². The third kappa shape index (κ3) is 5.17. The number of hydrogen-bond donors (Lipinski definition) is 3. The number of halogens is 1. The molecule has 0 spiro atoms. The fraction of sp³-hybridized carbons (Fsp3) is 0.172. The molecule has 0 fully saturated rings. The first kappa shape index (κ1) is 24.8. The van der Waals surface area contributed by atoms with Crippen LogP contribution >= 0.6 is 11.3 Å². The smallest absolute Gasteiger partial charge is 0.255 e. The minimum atomic E-state index is -1.98. The standard InChI is InChI=1S/C29H25FN2O4S/c30-22-7-3-6-20(15-22)25-23-8-2-1-5-21(23)17-32(25)29(36)27(34)26(33)28(35)31-16-18-10-12-19(13-11-18)24-9-4-14-37-24/h1-15,25-27,33-34H,16-17H2,(H,31,35)/t25?,26-,27-/m1/s1. The number of nitrogens with zero attached hydrogens (tertiary/aromatic N) is 1. The van der Waals surface area contributed by atoms with Gasteiger partial charge in [-0.3, -0.25) is 9.59 Å². The largest absolute Gasteiger partial charge is 0.380 e. The zero-order valence-corrected chi connectivity index (χ0v) is 20.6. The molecule has 0 saturated carbocycles. The summed E-state index contributed by atoms with van der Waals surface area (Å²) in [5.41, 5.74) is 4.06. The molecule has 1 aliphatic heterocycles. The molecule has 2 heterocycles. The average Bonchev–Trinajstić information content (AvgIpc) is 3.59. The Bertz CT molecular complexity index is 1410. The number of fused-ring (bicyclic) bond motifs is 1. The van der Waals surface area contributed by atoms with Crippen molar-refractivity contribution in [1.29, 1.82) is 0 Å². The molecule has 0 bridgehead atoms. The summed E-state index contributed by atoms with van der Waals surface area (Å²) in [7, 11) is 0. The lowest BCUT2D eigenvalue weighted by atomic mass is 9.97. The molecule has 3 N–H and O–H groups in total. The van der Waals surface area contributed by atoms with Crippen molar-refractivity contribution < 1.29 is 24.2 Å². The van der Waals surface area contributed by atoms with E-state index in [4.69, 9.17) is 0 Å². The molecule has 3 aromatic carbocycles. The van der Waals surface area contributed by atoms with Gasteiger partial charge in [0.15, 0.2) is 12.2 Å².